The molecular weight excluding hydrogens is 635 g/mol. The molecule has 2 heterocycles. The summed E-state index contributed by atoms with van der Waals surface area (Å²) in [7, 11) is 0. The van der Waals surface area contributed by atoms with Gasteiger partial charge in [-0.3, -0.25) is 0 Å². The molecule has 0 radical (unpaired) electrons. The average Bonchev–Trinajstić information content (AvgIpc) is 3.70. The second-order valence-corrected chi connectivity index (χ2v) is 14.0. The van der Waals surface area contributed by atoms with Crippen molar-refractivity contribution in [3.63, 3.8) is 0 Å². The molecule has 246 valence electrons. The van der Waals surface area contributed by atoms with Crippen molar-refractivity contribution in [2.75, 3.05) is 0 Å². The SMILES string of the molecule is CC1(C)c2ccccc2-c2ccc(-c3nc(-c4ccccc4)nc(-c4cccc5oc6ccc(-c7cccc(-c8ccccc8)c7)cc6c45)n3)cc21. The molecule has 7 aromatic carbocycles. The molecule has 0 amide bonds. The number of fused-ring (bicyclic) bond motifs is 6. The van der Waals surface area contributed by atoms with E-state index in [1.807, 2.05) is 36.4 Å². The lowest BCUT2D eigenvalue weighted by atomic mass is 9.82. The van der Waals surface area contributed by atoms with Gasteiger partial charge in [-0.25, -0.2) is 15.0 Å². The second-order valence-electron chi connectivity index (χ2n) is 14.0. The van der Waals surface area contributed by atoms with E-state index in [0.717, 1.165) is 49.8 Å². The zero-order valence-electron chi connectivity index (χ0n) is 28.8. The highest BCUT2D eigenvalue weighted by atomic mass is 16.3. The van der Waals surface area contributed by atoms with Crippen molar-refractivity contribution in [1.82, 2.24) is 15.0 Å². The lowest BCUT2D eigenvalue weighted by Crippen LogP contribution is -2.15. The van der Waals surface area contributed by atoms with Crippen molar-refractivity contribution in [2.24, 2.45) is 0 Å². The van der Waals surface area contributed by atoms with Crippen LogP contribution >= 0.6 is 0 Å². The number of nitrogens with zero attached hydrogens (tertiary/aromatic N) is 3. The van der Waals surface area contributed by atoms with Gasteiger partial charge in [-0.05, 0) is 74.8 Å². The van der Waals surface area contributed by atoms with Crippen LogP contribution in [-0.4, -0.2) is 15.0 Å². The van der Waals surface area contributed by atoms with Crippen molar-refractivity contribution >= 4 is 21.9 Å². The topological polar surface area (TPSA) is 51.8 Å². The normalized spacial score (nSPS) is 13.0. The van der Waals surface area contributed by atoms with Gasteiger partial charge in [-0.15, -0.1) is 0 Å². The Morgan fingerprint density at radius 2 is 0.962 bits per heavy atom. The molecule has 0 unspecified atom stereocenters. The number of hydrogen-bond donors (Lipinski definition) is 0. The van der Waals surface area contributed by atoms with Crippen LogP contribution < -0.4 is 0 Å². The fourth-order valence-electron chi connectivity index (χ4n) is 7.89. The van der Waals surface area contributed by atoms with E-state index in [1.54, 1.807) is 0 Å². The molecule has 52 heavy (non-hydrogen) atoms. The minimum Gasteiger partial charge on any atom is -0.456 e. The number of rotatable bonds is 5. The minimum absolute atomic E-state index is 0.139. The first-order chi connectivity index (χ1) is 25.5. The summed E-state index contributed by atoms with van der Waals surface area (Å²) in [4.78, 5) is 15.4. The zero-order chi connectivity index (χ0) is 34.8. The van der Waals surface area contributed by atoms with Gasteiger partial charge in [-0.2, -0.15) is 0 Å². The van der Waals surface area contributed by atoms with Gasteiger partial charge in [-0.1, -0.05) is 147 Å². The molecular formula is C48H33N3O. The van der Waals surface area contributed by atoms with Crippen molar-refractivity contribution in [1.29, 1.82) is 0 Å². The fraction of sp³-hybridized carbons (Fsp3) is 0.0625. The zero-order valence-corrected chi connectivity index (χ0v) is 28.8. The summed E-state index contributed by atoms with van der Waals surface area (Å²) in [5.74, 6) is 1.88. The summed E-state index contributed by atoms with van der Waals surface area (Å²) in [5.41, 5.74) is 14.1. The molecule has 0 saturated carbocycles. The average molecular weight is 668 g/mol. The number of furan rings is 1. The summed E-state index contributed by atoms with van der Waals surface area (Å²) in [6.45, 7) is 4.60. The fourth-order valence-corrected chi connectivity index (χ4v) is 7.89. The molecule has 0 saturated heterocycles. The third-order valence-electron chi connectivity index (χ3n) is 10.5. The monoisotopic (exact) mass is 667 g/mol. The molecule has 0 N–H and O–H groups in total. The predicted octanol–water partition coefficient (Wildman–Crippen LogP) is 12.4. The lowest BCUT2D eigenvalue weighted by Gasteiger charge is -2.21. The smallest absolute Gasteiger partial charge is 0.164 e. The molecule has 10 rings (SSSR count). The molecule has 1 aliphatic rings. The van der Waals surface area contributed by atoms with Gasteiger partial charge in [0.1, 0.15) is 11.2 Å². The first-order valence-corrected chi connectivity index (χ1v) is 17.7. The molecule has 0 atom stereocenters. The molecule has 0 fully saturated rings. The van der Waals surface area contributed by atoms with E-state index in [-0.39, 0.29) is 5.41 Å². The Hall–Kier alpha value is -6.65. The van der Waals surface area contributed by atoms with Gasteiger partial charge in [0.05, 0.1) is 0 Å². The van der Waals surface area contributed by atoms with Crippen LogP contribution in [-0.2, 0) is 5.41 Å². The van der Waals surface area contributed by atoms with E-state index in [0.29, 0.717) is 17.5 Å². The van der Waals surface area contributed by atoms with Gasteiger partial charge >= 0.3 is 0 Å². The predicted molar refractivity (Wildman–Crippen MR) is 212 cm³/mol. The van der Waals surface area contributed by atoms with E-state index in [1.165, 1.54) is 33.4 Å². The molecule has 2 aromatic heterocycles. The van der Waals surface area contributed by atoms with Crippen molar-refractivity contribution < 1.29 is 4.42 Å². The Morgan fingerprint density at radius 3 is 1.77 bits per heavy atom. The van der Waals surface area contributed by atoms with E-state index < -0.39 is 0 Å². The summed E-state index contributed by atoms with van der Waals surface area (Å²) in [6, 6.07) is 57.3. The van der Waals surface area contributed by atoms with Gasteiger partial charge < -0.3 is 4.42 Å². The van der Waals surface area contributed by atoms with Crippen LogP contribution in [0.1, 0.15) is 25.0 Å². The number of aromatic nitrogens is 3. The maximum Gasteiger partial charge on any atom is 0.164 e. The molecule has 9 aromatic rings. The number of benzene rings is 7. The van der Waals surface area contributed by atoms with Crippen LogP contribution in [0.5, 0.6) is 0 Å². The van der Waals surface area contributed by atoms with E-state index in [9.17, 15) is 0 Å². The van der Waals surface area contributed by atoms with Crippen molar-refractivity contribution in [2.45, 2.75) is 19.3 Å². The highest BCUT2D eigenvalue weighted by Gasteiger charge is 2.35. The molecule has 4 nitrogen and oxygen atoms in total. The Kier molecular flexibility index (Phi) is 6.80. The van der Waals surface area contributed by atoms with Crippen LogP contribution in [0.2, 0.25) is 0 Å². The van der Waals surface area contributed by atoms with Gasteiger partial charge in [0.15, 0.2) is 17.5 Å². The maximum absolute atomic E-state index is 6.46. The standard InChI is InChI=1S/C48H33N3O/c1-48(2)40-21-10-9-19-36(40)37-25-23-35(29-41(37)48)46-49-45(31-15-7-4-8-16-31)50-47(51-46)38-20-12-22-43-44(38)39-28-34(24-26-42(39)52-43)33-18-11-17-32(27-33)30-13-5-3-6-14-30/h3-29H,1-2H3. The van der Waals surface area contributed by atoms with Crippen molar-refractivity contribution in [3.05, 3.63) is 175 Å². The Labute approximate surface area is 302 Å². The Bertz CT molecular complexity index is 2820. The molecule has 0 aliphatic heterocycles. The molecule has 4 heteroatoms. The quantitative estimate of drug-likeness (QED) is 0.183. The van der Waals surface area contributed by atoms with E-state index in [2.05, 4.69) is 141 Å². The van der Waals surface area contributed by atoms with Gasteiger partial charge in [0.25, 0.3) is 0 Å². The highest BCUT2D eigenvalue weighted by molar-refractivity contribution is 6.12. The second kappa shape index (κ2) is 11.7. The van der Waals surface area contributed by atoms with Crippen LogP contribution in [0.3, 0.4) is 0 Å². The first kappa shape index (κ1) is 30.2. The Balaban J connectivity index is 1.15. The lowest BCUT2D eigenvalue weighted by molar-refractivity contribution is 0.660. The third kappa shape index (κ3) is 4.87. The largest absolute Gasteiger partial charge is 0.456 e. The summed E-state index contributed by atoms with van der Waals surface area (Å²) >= 11 is 0. The minimum atomic E-state index is -0.139. The number of hydrogen-bond acceptors (Lipinski definition) is 4. The van der Waals surface area contributed by atoms with Gasteiger partial charge in [0, 0.05) is 32.9 Å². The molecule has 1 aliphatic carbocycles. The van der Waals surface area contributed by atoms with Crippen LogP contribution in [0.25, 0.3) is 89.5 Å². The summed E-state index contributed by atoms with van der Waals surface area (Å²) in [5, 5.41) is 2.01. The van der Waals surface area contributed by atoms with E-state index in [4.69, 9.17) is 19.4 Å². The highest BCUT2D eigenvalue weighted by Crippen LogP contribution is 2.49. The first-order valence-electron chi connectivity index (χ1n) is 17.7. The maximum atomic E-state index is 6.46. The van der Waals surface area contributed by atoms with Crippen molar-refractivity contribution in [3.8, 4) is 67.5 Å². The third-order valence-corrected chi connectivity index (χ3v) is 10.5. The van der Waals surface area contributed by atoms with Crippen LogP contribution in [0.4, 0.5) is 0 Å². The van der Waals surface area contributed by atoms with Crippen LogP contribution in [0.15, 0.2) is 168 Å². The summed E-state index contributed by atoms with van der Waals surface area (Å²) < 4.78 is 6.46. The Morgan fingerprint density at radius 1 is 0.385 bits per heavy atom. The molecule has 0 bridgehead atoms. The molecule has 0 spiro atoms. The van der Waals surface area contributed by atoms with Crippen LogP contribution in [0, 0.1) is 0 Å². The van der Waals surface area contributed by atoms with Gasteiger partial charge in [0.2, 0.25) is 0 Å². The summed E-state index contributed by atoms with van der Waals surface area (Å²) in [6.07, 6.45) is 0. The van der Waals surface area contributed by atoms with E-state index >= 15 is 0 Å².